The van der Waals surface area contributed by atoms with Crippen LogP contribution < -0.4 is 15.8 Å². The number of nitrogens with zero attached hydrogens (tertiary/aromatic N) is 3. The summed E-state index contributed by atoms with van der Waals surface area (Å²) in [6.07, 6.45) is 3.47. The second-order valence-electron chi connectivity index (χ2n) is 8.43. The van der Waals surface area contributed by atoms with Crippen LogP contribution in [0.2, 0.25) is 0 Å². The van der Waals surface area contributed by atoms with Crippen molar-refractivity contribution in [2.24, 2.45) is 11.7 Å². The summed E-state index contributed by atoms with van der Waals surface area (Å²) >= 11 is 0. The third-order valence-electron chi connectivity index (χ3n) is 5.70. The number of aromatic nitrogens is 3. The number of benzene rings is 2. The molecule has 4 aromatic rings. The van der Waals surface area contributed by atoms with E-state index in [9.17, 15) is 18.4 Å². The molecule has 0 atom stereocenters. The lowest BCUT2D eigenvalue weighted by molar-refractivity contribution is -0.115. The van der Waals surface area contributed by atoms with Crippen molar-refractivity contribution in [1.29, 1.82) is 0 Å². The molecule has 1 saturated carbocycles. The number of carbonyl (C=O) groups is 2. The van der Waals surface area contributed by atoms with Crippen molar-refractivity contribution in [2.75, 3.05) is 5.32 Å². The van der Waals surface area contributed by atoms with E-state index in [2.05, 4.69) is 15.3 Å². The van der Waals surface area contributed by atoms with Crippen LogP contribution in [-0.4, -0.2) is 26.3 Å². The highest BCUT2D eigenvalue weighted by Crippen LogP contribution is 2.33. The molecule has 35 heavy (non-hydrogen) atoms. The van der Waals surface area contributed by atoms with E-state index in [1.807, 2.05) is 4.57 Å². The fourth-order valence-electron chi connectivity index (χ4n) is 3.80. The average Bonchev–Trinajstić information content (AvgIpc) is 3.58. The van der Waals surface area contributed by atoms with Gasteiger partial charge in [-0.25, -0.2) is 18.7 Å². The lowest BCUT2D eigenvalue weighted by Crippen LogP contribution is -2.18. The summed E-state index contributed by atoms with van der Waals surface area (Å²) in [5.74, 6) is -1.73. The van der Waals surface area contributed by atoms with Crippen molar-refractivity contribution in [1.82, 2.24) is 14.5 Å². The number of nitrogens with two attached hydrogens (primary N) is 1. The van der Waals surface area contributed by atoms with E-state index >= 15 is 0 Å². The summed E-state index contributed by atoms with van der Waals surface area (Å²) in [5.41, 5.74) is 6.92. The van der Waals surface area contributed by atoms with Gasteiger partial charge in [-0.3, -0.25) is 14.9 Å². The van der Waals surface area contributed by atoms with Crippen LogP contribution in [0.4, 0.5) is 14.7 Å². The number of primary amides is 1. The van der Waals surface area contributed by atoms with Crippen LogP contribution in [0.3, 0.4) is 0 Å². The summed E-state index contributed by atoms with van der Waals surface area (Å²) in [5, 5.41) is 2.77. The minimum Gasteiger partial charge on any atom is -0.435 e. The smallest absolute Gasteiger partial charge is 0.254 e. The van der Waals surface area contributed by atoms with E-state index in [0.717, 1.165) is 18.4 Å². The Morgan fingerprint density at radius 2 is 1.97 bits per heavy atom. The number of carbonyl (C=O) groups excluding carboxylic acids is 2. The molecule has 8 nitrogen and oxygen atoms in total. The molecular weight excluding hydrogens is 456 g/mol. The van der Waals surface area contributed by atoms with Crippen LogP contribution in [0.1, 0.15) is 28.8 Å². The molecule has 5 rings (SSSR count). The third kappa shape index (κ3) is 4.96. The lowest BCUT2D eigenvalue weighted by Gasteiger charge is -2.11. The van der Waals surface area contributed by atoms with Gasteiger partial charge in [0.2, 0.25) is 17.7 Å². The molecule has 10 heteroatoms. The number of halogens is 2. The average molecular weight is 477 g/mol. The highest BCUT2D eigenvalue weighted by atomic mass is 19.1. The molecule has 0 spiro atoms. The van der Waals surface area contributed by atoms with Gasteiger partial charge in [-0.15, -0.1) is 0 Å². The molecule has 178 valence electrons. The quantitative estimate of drug-likeness (QED) is 0.395. The highest BCUT2D eigenvalue weighted by Gasteiger charge is 2.25. The zero-order valence-corrected chi connectivity index (χ0v) is 18.5. The summed E-state index contributed by atoms with van der Waals surface area (Å²) in [4.78, 5) is 32.6. The number of amides is 2. The Balaban J connectivity index is 1.31. The topological polar surface area (TPSA) is 112 Å². The molecule has 2 aromatic carbocycles. The van der Waals surface area contributed by atoms with Gasteiger partial charge < -0.3 is 15.0 Å². The molecule has 0 unspecified atom stereocenters. The van der Waals surface area contributed by atoms with Crippen LogP contribution in [0.15, 0.2) is 54.7 Å². The number of anilines is 1. The van der Waals surface area contributed by atoms with Crippen LogP contribution in [0, 0.1) is 17.6 Å². The summed E-state index contributed by atoms with van der Waals surface area (Å²) in [7, 11) is 0. The maximum atomic E-state index is 14.7. The number of fused-ring (bicyclic) bond motifs is 1. The number of nitrogens with one attached hydrogen (secondary N) is 1. The van der Waals surface area contributed by atoms with E-state index in [1.165, 1.54) is 48.7 Å². The van der Waals surface area contributed by atoms with Gasteiger partial charge in [0.25, 0.3) is 5.91 Å². The van der Waals surface area contributed by atoms with E-state index < -0.39 is 23.4 Å². The predicted octanol–water partition coefficient (Wildman–Crippen LogP) is 4.19. The van der Waals surface area contributed by atoms with Gasteiger partial charge in [0.15, 0.2) is 11.6 Å². The third-order valence-corrected chi connectivity index (χ3v) is 5.70. The molecule has 1 aliphatic rings. The second-order valence-corrected chi connectivity index (χ2v) is 8.43. The molecule has 3 N–H and O–H groups in total. The van der Waals surface area contributed by atoms with Gasteiger partial charge in [0.1, 0.15) is 11.4 Å². The molecule has 0 aliphatic heterocycles. The Kier molecular flexibility index (Phi) is 5.86. The molecule has 0 bridgehead atoms. The maximum Gasteiger partial charge on any atom is 0.254 e. The van der Waals surface area contributed by atoms with Crippen molar-refractivity contribution >= 4 is 28.8 Å². The fraction of sp³-hybridized carbons (Fsp3) is 0.200. The highest BCUT2D eigenvalue weighted by molar-refractivity contribution is 5.95. The fourth-order valence-corrected chi connectivity index (χ4v) is 3.80. The van der Waals surface area contributed by atoms with Crippen molar-refractivity contribution in [3.05, 3.63) is 77.5 Å². The molecule has 2 aromatic heterocycles. The Morgan fingerprint density at radius 1 is 1.14 bits per heavy atom. The van der Waals surface area contributed by atoms with Gasteiger partial charge in [0.05, 0.1) is 17.5 Å². The number of pyridine rings is 1. The Labute approximate surface area is 198 Å². The molecule has 1 fully saturated rings. The van der Waals surface area contributed by atoms with E-state index in [0.29, 0.717) is 29.5 Å². The molecule has 2 amide bonds. The van der Waals surface area contributed by atoms with Crippen LogP contribution in [0.5, 0.6) is 11.6 Å². The van der Waals surface area contributed by atoms with Crippen molar-refractivity contribution in [3.63, 3.8) is 0 Å². The Bertz CT molecular complexity index is 1450. The number of ether oxygens (including phenoxy) is 1. The molecule has 0 radical (unpaired) electrons. The van der Waals surface area contributed by atoms with Crippen molar-refractivity contribution < 1.29 is 23.1 Å². The number of imidazole rings is 1. The summed E-state index contributed by atoms with van der Waals surface area (Å²) < 4.78 is 35.7. The Hall–Kier alpha value is -4.34. The van der Waals surface area contributed by atoms with Gasteiger partial charge in [-0.05, 0) is 60.7 Å². The number of rotatable bonds is 8. The minimum absolute atomic E-state index is 0.0179. The van der Waals surface area contributed by atoms with Crippen LogP contribution >= 0.6 is 0 Å². The zero-order valence-electron chi connectivity index (χ0n) is 18.5. The molecule has 1 aliphatic carbocycles. The molecule has 2 heterocycles. The van der Waals surface area contributed by atoms with Gasteiger partial charge in [0, 0.05) is 18.8 Å². The minimum atomic E-state index is -0.753. The zero-order chi connectivity index (χ0) is 24.5. The monoisotopic (exact) mass is 477 g/mol. The standard InChI is InChI=1S/C25H21F2N5O3/c26-16-6-7-20-19(12-16)30-25(32(20)13-14-3-4-14)31-22(33)11-15-5-8-21(18(27)10-15)35-24-17(23(28)34)2-1-9-29-24/h1-2,5-10,12,14H,3-4,11,13H2,(H2,28,34)(H,30,31,33). The first-order chi connectivity index (χ1) is 16.9. The van der Waals surface area contributed by atoms with Crippen LogP contribution in [0.25, 0.3) is 11.0 Å². The number of hydrogen-bond acceptors (Lipinski definition) is 5. The number of hydrogen-bond donors (Lipinski definition) is 2. The predicted molar refractivity (Wildman–Crippen MR) is 124 cm³/mol. The molecule has 0 saturated heterocycles. The van der Waals surface area contributed by atoms with E-state index in [-0.39, 0.29) is 23.6 Å². The van der Waals surface area contributed by atoms with Gasteiger partial charge in [-0.1, -0.05) is 6.07 Å². The largest absolute Gasteiger partial charge is 0.435 e. The lowest BCUT2D eigenvalue weighted by atomic mass is 10.1. The Morgan fingerprint density at radius 3 is 2.71 bits per heavy atom. The normalized spacial score (nSPS) is 13.1. The van der Waals surface area contributed by atoms with E-state index in [1.54, 1.807) is 6.07 Å². The van der Waals surface area contributed by atoms with Gasteiger partial charge in [-0.2, -0.15) is 0 Å². The SMILES string of the molecule is NC(=O)c1cccnc1Oc1ccc(CC(=O)Nc2nc3cc(F)ccc3n2CC2CC2)cc1F. The van der Waals surface area contributed by atoms with Crippen molar-refractivity contribution in [2.45, 2.75) is 25.8 Å². The van der Waals surface area contributed by atoms with Crippen LogP contribution in [-0.2, 0) is 17.8 Å². The first-order valence-corrected chi connectivity index (χ1v) is 11.0. The van der Waals surface area contributed by atoms with Crippen molar-refractivity contribution in [3.8, 4) is 11.6 Å². The van der Waals surface area contributed by atoms with E-state index in [4.69, 9.17) is 10.5 Å². The first kappa shape index (κ1) is 22.5. The second kappa shape index (κ2) is 9.13. The summed E-state index contributed by atoms with van der Waals surface area (Å²) in [6, 6.07) is 11.3. The van der Waals surface area contributed by atoms with Gasteiger partial charge >= 0.3 is 0 Å². The maximum absolute atomic E-state index is 14.7. The molecular formula is C25H21F2N5O3. The first-order valence-electron chi connectivity index (χ1n) is 11.0. The summed E-state index contributed by atoms with van der Waals surface area (Å²) in [6.45, 7) is 0.680.